The van der Waals surface area contributed by atoms with Gasteiger partial charge in [-0.15, -0.1) is 0 Å². The van der Waals surface area contributed by atoms with Crippen molar-refractivity contribution in [2.24, 2.45) is 4.99 Å². The lowest BCUT2D eigenvalue weighted by atomic mass is 10.2. The number of para-hydroxylation sites is 1. The number of benzene rings is 3. The van der Waals surface area contributed by atoms with Crippen molar-refractivity contribution in [1.29, 1.82) is 0 Å². The molecule has 3 aromatic carbocycles. The van der Waals surface area contributed by atoms with E-state index in [2.05, 4.69) is 42.2 Å². The lowest BCUT2D eigenvalue weighted by Crippen LogP contribution is -2.19. The molecule has 0 saturated carbocycles. The molecule has 0 aliphatic carbocycles. The Balaban J connectivity index is 1.63. The Morgan fingerprint density at radius 3 is 2.47 bits per heavy atom. The predicted octanol–water partition coefficient (Wildman–Crippen LogP) is 6.58. The SMILES string of the molecule is CCOc1cc(/C=C2/SC(=Nc3ccccc3Br)NC2=O)cc(Br)c1OS(=O)(=O)c1ccc(C)cc1. The smallest absolute Gasteiger partial charge is 0.339 e. The summed E-state index contributed by atoms with van der Waals surface area (Å²) >= 11 is 8.05. The Hall–Kier alpha value is -2.60. The normalized spacial score (nSPS) is 15.8. The zero-order valence-electron chi connectivity index (χ0n) is 19.1. The van der Waals surface area contributed by atoms with Crippen molar-refractivity contribution in [3.05, 3.63) is 85.6 Å². The maximum absolute atomic E-state index is 12.9. The summed E-state index contributed by atoms with van der Waals surface area (Å²) in [6, 6.07) is 17.1. The maximum atomic E-state index is 12.9. The molecule has 1 N–H and O–H groups in total. The van der Waals surface area contributed by atoms with Crippen LogP contribution in [0.3, 0.4) is 0 Å². The summed E-state index contributed by atoms with van der Waals surface area (Å²) in [6.45, 7) is 3.93. The molecule has 0 atom stereocenters. The number of nitrogens with one attached hydrogen (secondary N) is 1. The Kier molecular flexibility index (Phi) is 8.23. The van der Waals surface area contributed by atoms with Crippen LogP contribution in [0, 0.1) is 6.92 Å². The van der Waals surface area contributed by atoms with E-state index in [0.29, 0.717) is 25.8 Å². The van der Waals surface area contributed by atoms with Crippen LogP contribution in [0.4, 0.5) is 5.69 Å². The van der Waals surface area contributed by atoms with E-state index in [1.54, 1.807) is 37.3 Å². The molecule has 36 heavy (non-hydrogen) atoms. The monoisotopic (exact) mass is 650 g/mol. The van der Waals surface area contributed by atoms with E-state index in [9.17, 15) is 13.2 Å². The summed E-state index contributed by atoms with van der Waals surface area (Å²) < 4.78 is 38.0. The van der Waals surface area contributed by atoms with Crippen molar-refractivity contribution in [3.63, 3.8) is 0 Å². The van der Waals surface area contributed by atoms with E-state index >= 15 is 0 Å². The quantitative estimate of drug-likeness (QED) is 0.229. The largest absolute Gasteiger partial charge is 0.490 e. The standard InChI is InChI=1S/C25H20Br2N2O5S2/c1-3-33-21-13-16(12-19(27)23(21)34-36(31,32)17-10-8-15(2)9-11-17)14-22-24(30)29-25(35-22)28-20-7-5-4-6-18(20)26/h4-14H,3H2,1-2H3,(H,28,29,30)/b22-14+. The third kappa shape index (κ3) is 6.20. The molecule has 0 radical (unpaired) electrons. The zero-order valence-corrected chi connectivity index (χ0v) is 23.9. The molecule has 1 aliphatic rings. The molecule has 3 aromatic rings. The lowest BCUT2D eigenvalue weighted by Gasteiger charge is -2.14. The van der Waals surface area contributed by atoms with Gasteiger partial charge in [-0.2, -0.15) is 8.42 Å². The van der Waals surface area contributed by atoms with Gasteiger partial charge < -0.3 is 14.2 Å². The van der Waals surface area contributed by atoms with Crippen LogP contribution in [0.1, 0.15) is 18.1 Å². The highest BCUT2D eigenvalue weighted by atomic mass is 79.9. The average molecular weight is 652 g/mol. The minimum absolute atomic E-state index is 0.0271. The van der Waals surface area contributed by atoms with Gasteiger partial charge in [-0.1, -0.05) is 29.8 Å². The van der Waals surface area contributed by atoms with Gasteiger partial charge in [0.2, 0.25) is 0 Å². The molecule has 1 amide bonds. The number of carbonyl (C=O) groups excluding carboxylic acids is 1. The number of amidine groups is 1. The molecule has 4 rings (SSSR count). The predicted molar refractivity (Wildman–Crippen MR) is 149 cm³/mol. The number of aliphatic imine (C=N–C) groups is 1. The van der Waals surface area contributed by atoms with Crippen LogP contribution in [0.25, 0.3) is 6.08 Å². The molecule has 0 aromatic heterocycles. The number of hydrogen-bond acceptors (Lipinski definition) is 7. The number of ether oxygens (including phenoxy) is 1. The van der Waals surface area contributed by atoms with Crippen LogP contribution in [0.2, 0.25) is 0 Å². The second-order valence-electron chi connectivity index (χ2n) is 7.55. The fraction of sp³-hybridized carbons (Fsp3) is 0.120. The molecular formula is C25H20Br2N2O5S2. The number of nitrogens with zero attached hydrogens (tertiary/aromatic N) is 1. The van der Waals surface area contributed by atoms with E-state index in [1.807, 2.05) is 31.2 Å². The summed E-state index contributed by atoms with van der Waals surface area (Å²) in [7, 11) is -4.09. The van der Waals surface area contributed by atoms with E-state index in [0.717, 1.165) is 10.0 Å². The van der Waals surface area contributed by atoms with Crippen molar-refractivity contribution >= 4 is 76.6 Å². The molecule has 0 bridgehead atoms. The van der Waals surface area contributed by atoms with E-state index in [4.69, 9.17) is 8.92 Å². The number of halogens is 2. The van der Waals surface area contributed by atoms with Gasteiger partial charge in [-0.3, -0.25) is 4.79 Å². The van der Waals surface area contributed by atoms with Gasteiger partial charge >= 0.3 is 10.1 Å². The number of rotatable bonds is 7. The summed E-state index contributed by atoms with van der Waals surface area (Å²) in [6.07, 6.45) is 1.67. The van der Waals surface area contributed by atoms with Crippen LogP contribution in [-0.4, -0.2) is 26.1 Å². The minimum atomic E-state index is -4.09. The number of hydrogen-bond donors (Lipinski definition) is 1. The topological polar surface area (TPSA) is 94.1 Å². The first-order valence-electron chi connectivity index (χ1n) is 10.7. The Morgan fingerprint density at radius 2 is 1.78 bits per heavy atom. The van der Waals surface area contributed by atoms with Crippen molar-refractivity contribution in [2.75, 3.05) is 6.61 Å². The maximum Gasteiger partial charge on any atom is 0.339 e. The molecular weight excluding hydrogens is 632 g/mol. The van der Waals surface area contributed by atoms with Gasteiger partial charge in [-0.05, 0) is 106 Å². The Labute approximate surface area is 230 Å². The summed E-state index contributed by atoms with van der Waals surface area (Å²) in [5.74, 6) is -0.0404. The highest BCUT2D eigenvalue weighted by Gasteiger charge is 2.26. The molecule has 1 aliphatic heterocycles. The average Bonchev–Trinajstić information content (AvgIpc) is 3.16. The second-order valence-corrected chi connectivity index (χ2v) is 11.8. The fourth-order valence-corrected chi connectivity index (χ4v) is 5.97. The highest BCUT2D eigenvalue weighted by molar-refractivity contribution is 9.11. The molecule has 0 unspecified atom stereocenters. The van der Waals surface area contributed by atoms with Crippen LogP contribution in [-0.2, 0) is 14.9 Å². The van der Waals surface area contributed by atoms with Crippen LogP contribution >= 0.6 is 43.6 Å². The Bertz CT molecular complexity index is 1490. The molecule has 11 heteroatoms. The minimum Gasteiger partial charge on any atom is -0.490 e. The van der Waals surface area contributed by atoms with Crippen molar-refractivity contribution in [1.82, 2.24) is 5.32 Å². The molecule has 186 valence electrons. The van der Waals surface area contributed by atoms with Crippen LogP contribution in [0.5, 0.6) is 11.5 Å². The van der Waals surface area contributed by atoms with Gasteiger partial charge in [0.15, 0.2) is 16.7 Å². The molecule has 7 nitrogen and oxygen atoms in total. The van der Waals surface area contributed by atoms with Crippen molar-refractivity contribution in [2.45, 2.75) is 18.7 Å². The van der Waals surface area contributed by atoms with E-state index in [-0.39, 0.29) is 28.9 Å². The van der Waals surface area contributed by atoms with Gasteiger partial charge in [0.1, 0.15) is 4.90 Å². The second kappa shape index (κ2) is 11.2. The molecule has 1 saturated heterocycles. The first kappa shape index (κ1) is 26.5. The fourth-order valence-electron chi connectivity index (χ4n) is 3.16. The zero-order chi connectivity index (χ0) is 25.9. The van der Waals surface area contributed by atoms with Gasteiger partial charge in [0, 0.05) is 4.47 Å². The van der Waals surface area contributed by atoms with Crippen LogP contribution in [0.15, 0.2) is 84.4 Å². The third-order valence-corrected chi connectivity index (χ3v) is 8.26. The van der Waals surface area contributed by atoms with E-state index in [1.165, 1.54) is 23.9 Å². The number of carbonyl (C=O) groups is 1. The van der Waals surface area contributed by atoms with Gasteiger partial charge in [0.05, 0.1) is 21.7 Å². The number of thioether (sulfide) groups is 1. The van der Waals surface area contributed by atoms with E-state index < -0.39 is 10.1 Å². The molecule has 1 heterocycles. The van der Waals surface area contributed by atoms with Crippen LogP contribution < -0.4 is 14.2 Å². The molecule has 1 fully saturated rings. The van der Waals surface area contributed by atoms with Gasteiger partial charge in [-0.25, -0.2) is 4.99 Å². The van der Waals surface area contributed by atoms with Crippen molar-refractivity contribution in [3.8, 4) is 11.5 Å². The first-order chi connectivity index (χ1) is 17.2. The first-order valence-corrected chi connectivity index (χ1v) is 14.5. The summed E-state index contributed by atoms with van der Waals surface area (Å²) in [4.78, 5) is 17.5. The third-order valence-electron chi connectivity index (χ3n) is 4.86. The lowest BCUT2D eigenvalue weighted by molar-refractivity contribution is -0.115. The number of amides is 1. The summed E-state index contributed by atoms with van der Waals surface area (Å²) in [5.41, 5.74) is 2.24. The Morgan fingerprint density at radius 1 is 1.06 bits per heavy atom. The highest BCUT2D eigenvalue weighted by Crippen LogP contribution is 2.40. The summed E-state index contributed by atoms with van der Waals surface area (Å²) in [5, 5.41) is 3.21. The van der Waals surface area contributed by atoms with Crippen molar-refractivity contribution < 1.29 is 22.1 Å². The van der Waals surface area contributed by atoms with Gasteiger partial charge in [0.25, 0.3) is 5.91 Å². The molecule has 0 spiro atoms. The number of aryl methyl sites for hydroxylation is 1.